The van der Waals surface area contributed by atoms with E-state index in [2.05, 4.69) is 15.4 Å². The molecule has 1 atom stereocenters. The summed E-state index contributed by atoms with van der Waals surface area (Å²) in [4.78, 5) is 0. The molecule has 0 aliphatic heterocycles. The third-order valence-electron chi connectivity index (χ3n) is 3.37. The number of hydrogen-bond acceptors (Lipinski definition) is 5. The van der Waals surface area contributed by atoms with E-state index in [-0.39, 0.29) is 6.54 Å². The van der Waals surface area contributed by atoms with Gasteiger partial charge in [0.2, 0.25) is 0 Å². The van der Waals surface area contributed by atoms with Crippen LogP contribution in [0.3, 0.4) is 0 Å². The predicted octanol–water partition coefficient (Wildman–Crippen LogP) is 1.92. The van der Waals surface area contributed by atoms with Crippen molar-refractivity contribution in [3.8, 4) is 5.75 Å². The van der Waals surface area contributed by atoms with E-state index in [1.807, 2.05) is 24.3 Å². The van der Waals surface area contributed by atoms with Crippen molar-refractivity contribution < 1.29 is 9.84 Å². The molecule has 2 aromatic heterocycles. The third kappa shape index (κ3) is 3.69. The molecule has 1 aromatic carbocycles. The Morgan fingerprint density at radius 3 is 2.83 bits per heavy atom. The van der Waals surface area contributed by atoms with E-state index >= 15 is 0 Å². The van der Waals surface area contributed by atoms with Gasteiger partial charge in [-0.1, -0.05) is 35.0 Å². The van der Waals surface area contributed by atoms with Crippen molar-refractivity contribution in [2.45, 2.75) is 19.2 Å². The summed E-state index contributed by atoms with van der Waals surface area (Å²) in [5.74, 6) is 0.645. The summed E-state index contributed by atoms with van der Waals surface area (Å²) in [5, 5.41) is 23.2. The number of aliphatic hydroxyl groups is 1. The summed E-state index contributed by atoms with van der Waals surface area (Å²) in [6.07, 6.45) is 4.32. The Morgan fingerprint density at radius 2 is 2.09 bits per heavy atom. The highest BCUT2D eigenvalue weighted by molar-refractivity contribution is 6.30. The van der Waals surface area contributed by atoms with E-state index in [4.69, 9.17) is 16.3 Å². The molecule has 0 aliphatic rings. The lowest BCUT2D eigenvalue weighted by atomic mass is 10.1. The quantitative estimate of drug-likeness (QED) is 0.745. The summed E-state index contributed by atoms with van der Waals surface area (Å²) in [6.45, 7) is 0.755. The van der Waals surface area contributed by atoms with Crippen molar-refractivity contribution in [1.82, 2.24) is 24.8 Å². The maximum atomic E-state index is 10.4. The van der Waals surface area contributed by atoms with E-state index in [0.29, 0.717) is 22.9 Å². The lowest BCUT2D eigenvalue weighted by Crippen LogP contribution is -2.10. The highest BCUT2D eigenvalue weighted by atomic mass is 35.5. The first-order valence-electron chi connectivity index (χ1n) is 7.03. The summed E-state index contributed by atoms with van der Waals surface area (Å²) < 4.78 is 8.53. The summed E-state index contributed by atoms with van der Waals surface area (Å²) >= 11 is 5.83. The minimum Gasteiger partial charge on any atom is -0.496 e. The van der Waals surface area contributed by atoms with Crippen LogP contribution >= 0.6 is 11.6 Å². The zero-order valence-corrected chi connectivity index (χ0v) is 13.3. The molecule has 7 nitrogen and oxygen atoms in total. The lowest BCUT2D eigenvalue weighted by Gasteiger charge is -2.14. The average Bonchev–Trinajstić information content (AvgIpc) is 3.16. The Morgan fingerprint density at radius 1 is 1.26 bits per heavy atom. The largest absolute Gasteiger partial charge is 0.496 e. The van der Waals surface area contributed by atoms with Gasteiger partial charge < -0.3 is 9.84 Å². The van der Waals surface area contributed by atoms with Gasteiger partial charge in [0.1, 0.15) is 17.5 Å². The molecule has 0 fully saturated rings. The maximum Gasteiger partial charge on any atom is 0.124 e. The van der Waals surface area contributed by atoms with Crippen molar-refractivity contribution in [3.05, 3.63) is 59.1 Å². The second-order valence-corrected chi connectivity index (χ2v) is 5.48. The topological polar surface area (TPSA) is 78.0 Å². The van der Waals surface area contributed by atoms with Gasteiger partial charge in [-0.25, -0.2) is 4.68 Å². The molecule has 3 rings (SSSR count). The normalized spacial score (nSPS) is 12.3. The highest BCUT2D eigenvalue weighted by Gasteiger charge is 2.14. The van der Waals surface area contributed by atoms with E-state index < -0.39 is 6.10 Å². The van der Waals surface area contributed by atoms with Crippen molar-refractivity contribution in [2.24, 2.45) is 0 Å². The first kappa shape index (κ1) is 15.5. The average molecular weight is 334 g/mol. The number of aromatic nitrogens is 5. The van der Waals surface area contributed by atoms with Crippen LogP contribution in [-0.4, -0.2) is 37.0 Å². The number of nitrogens with zero attached hydrogens (tertiary/aromatic N) is 5. The summed E-state index contributed by atoms with van der Waals surface area (Å²) in [6, 6.07) is 7.35. The molecule has 3 aromatic rings. The molecule has 0 radical (unpaired) electrons. The molecule has 0 bridgehead atoms. The van der Waals surface area contributed by atoms with Gasteiger partial charge in [0.25, 0.3) is 0 Å². The molecule has 120 valence electrons. The van der Waals surface area contributed by atoms with Gasteiger partial charge >= 0.3 is 0 Å². The zero-order chi connectivity index (χ0) is 16.2. The Bertz CT molecular complexity index is 786. The molecule has 0 amide bonds. The second kappa shape index (κ2) is 6.80. The number of para-hydroxylation sites is 1. The van der Waals surface area contributed by atoms with Crippen LogP contribution in [-0.2, 0) is 13.1 Å². The van der Waals surface area contributed by atoms with Gasteiger partial charge in [-0.3, -0.25) is 4.68 Å². The molecular formula is C15H16ClN5O2. The first-order chi connectivity index (χ1) is 11.2. The van der Waals surface area contributed by atoms with Crippen LogP contribution in [0.25, 0.3) is 0 Å². The monoisotopic (exact) mass is 333 g/mol. The van der Waals surface area contributed by atoms with Gasteiger partial charge in [-0.15, -0.1) is 5.10 Å². The Hall–Kier alpha value is -2.38. The SMILES string of the molecule is COc1ccccc1[C@@H](O)Cn1cc(Cn2cc(Cl)cn2)nn1. The van der Waals surface area contributed by atoms with Crippen LogP contribution in [0.2, 0.25) is 5.02 Å². The number of rotatable bonds is 6. The minimum absolute atomic E-state index is 0.285. The molecule has 1 N–H and O–H groups in total. The van der Waals surface area contributed by atoms with E-state index in [0.717, 1.165) is 5.69 Å². The van der Waals surface area contributed by atoms with Gasteiger partial charge in [-0.2, -0.15) is 5.10 Å². The van der Waals surface area contributed by atoms with Crippen LogP contribution in [0, 0.1) is 0 Å². The smallest absolute Gasteiger partial charge is 0.124 e. The predicted molar refractivity (Wildman–Crippen MR) is 84.3 cm³/mol. The van der Waals surface area contributed by atoms with Gasteiger partial charge in [0.05, 0.1) is 37.6 Å². The van der Waals surface area contributed by atoms with Crippen LogP contribution in [0.5, 0.6) is 5.75 Å². The molecule has 2 heterocycles. The number of halogens is 1. The van der Waals surface area contributed by atoms with Crippen molar-refractivity contribution in [1.29, 1.82) is 0 Å². The summed E-state index contributed by atoms with van der Waals surface area (Å²) in [5.41, 5.74) is 1.45. The van der Waals surface area contributed by atoms with Gasteiger partial charge in [0, 0.05) is 11.8 Å². The van der Waals surface area contributed by atoms with Crippen LogP contribution in [0.1, 0.15) is 17.4 Å². The fraction of sp³-hybridized carbons (Fsp3) is 0.267. The summed E-state index contributed by atoms with van der Waals surface area (Å²) in [7, 11) is 1.58. The first-order valence-corrected chi connectivity index (χ1v) is 7.41. The van der Waals surface area contributed by atoms with Crippen molar-refractivity contribution in [3.63, 3.8) is 0 Å². The number of hydrogen-bond donors (Lipinski definition) is 1. The highest BCUT2D eigenvalue weighted by Crippen LogP contribution is 2.25. The maximum absolute atomic E-state index is 10.4. The van der Waals surface area contributed by atoms with Crippen molar-refractivity contribution >= 4 is 11.6 Å². The van der Waals surface area contributed by atoms with E-state index in [1.54, 1.807) is 35.1 Å². The van der Waals surface area contributed by atoms with E-state index in [9.17, 15) is 5.11 Å². The Balaban J connectivity index is 1.68. The van der Waals surface area contributed by atoms with Crippen LogP contribution < -0.4 is 4.74 Å². The molecule has 0 spiro atoms. The molecule has 0 saturated carbocycles. The number of benzene rings is 1. The molecule has 23 heavy (non-hydrogen) atoms. The number of ether oxygens (including phenoxy) is 1. The fourth-order valence-corrected chi connectivity index (χ4v) is 2.46. The zero-order valence-electron chi connectivity index (χ0n) is 12.5. The molecule has 0 saturated heterocycles. The van der Waals surface area contributed by atoms with Crippen LogP contribution in [0.15, 0.2) is 42.9 Å². The lowest BCUT2D eigenvalue weighted by molar-refractivity contribution is 0.147. The Kier molecular flexibility index (Phi) is 4.59. The fourth-order valence-electron chi connectivity index (χ4n) is 2.31. The minimum atomic E-state index is -0.736. The molecule has 8 heteroatoms. The van der Waals surface area contributed by atoms with Crippen LogP contribution in [0.4, 0.5) is 0 Å². The molecule has 0 aliphatic carbocycles. The van der Waals surface area contributed by atoms with E-state index in [1.165, 1.54) is 0 Å². The Labute approximate surface area is 138 Å². The third-order valence-corrected chi connectivity index (χ3v) is 3.56. The number of aliphatic hydroxyl groups excluding tert-OH is 1. The van der Waals surface area contributed by atoms with Gasteiger partial charge in [-0.05, 0) is 6.07 Å². The molecule has 0 unspecified atom stereocenters. The molecular weight excluding hydrogens is 318 g/mol. The standard InChI is InChI=1S/C15H16ClN5O2/c1-23-15-5-3-2-4-13(15)14(22)10-21-9-12(18-19-21)8-20-7-11(16)6-17-20/h2-7,9,14,22H,8,10H2,1H3/t14-/m0/s1. The number of methoxy groups -OCH3 is 1. The van der Waals surface area contributed by atoms with Gasteiger partial charge in [0.15, 0.2) is 0 Å². The van der Waals surface area contributed by atoms with Crippen molar-refractivity contribution in [2.75, 3.05) is 7.11 Å². The second-order valence-electron chi connectivity index (χ2n) is 5.05.